The van der Waals surface area contributed by atoms with Crippen LogP contribution in [0.1, 0.15) is 149 Å². The molecule has 0 spiro atoms. The molecule has 0 aliphatic carbocycles. The highest BCUT2D eigenvalue weighted by molar-refractivity contribution is 5.69. The Morgan fingerprint density at radius 2 is 0.636 bits per heavy atom. The van der Waals surface area contributed by atoms with Crippen LogP contribution >= 0.6 is 0 Å². The van der Waals surface area contributed by atoms with Crippen molar-refractivity contribution in [2.24, 2.45) is 0 Å². The molecule has 1 fully saturated rings. The number of carbonyl (C=O) groups is 1. The maximum Gasteiger partial charge on any atom is 0.307 e. The normalized spacial score (nSPS) is 14.1. The van der Waals surface area contributed by atoms with E-state index in [1.807, 2.05) is 0 Å². The number of carbonyl (C=O) groups excluding carboxylic acids is 1. The van der Waals surface area contributed by atoms with Crippen molar-refractivity contribution in [3.05, 3.63) is 0 Å². The molecule has 1 heterocycles. The molecule has 0 amide bonds. The van der Waals surface area contributed by atoms with Gasteiger partial charge in [-0.2, -0.15) is 0 Å². The highest BCUT2D eigenvalue weighted by Gasteiger charge is 2.28. The Morgan fingerprint density at radius 1 is 0.364 bits per heavy atom. The molecule has 394 valence electrons. The molecule has 0 unspecified atom stereocenters. The molecule has 0 radical (unpaired) electrons. The van der Waals surface area contributed by atoms with Crippen molar-refractivity contribution in [2.45, 2.75) is 149 Å². The predicted molar refractivity (Wildman–Crippen MR) is 265 cm³/mol. The second kappa shape index (κ2) is 51.8. The average molecular weight is 950 g/mol. The minimum absolute atomic E-state index is 0.157. The summed E-state index contributed by atoms with van der Waals surface area (Å²) in [7, 11) is 2.38. The quantitative estimate of drug-likeness (QED) is 0.0329. The number of rotatable bonds is 55. The van der Waals surface area contributed by atoms with Gasteiger partial charge in [0.1, 0.15) is 6.61 Å². The van der Waals surface area contributed by atoms with Gasteiger partial charge in [-0.15, -0.1) is 0 Å². The molecule has 1 rings (SSSR count). The van der Waals surface area contributed by atoms with E-state index >= 15 is 0 Å². The first kappa shape index (κ1) is 63.0. The smallest absolute Gasteiger partial charge is 0.307 e. The summed E-state index contributed by atoms with van der Waals surface area (Å²) in [5.74, 6) is -0.157. The summed E-state index contributed by atoms with van der Waals surface area (Å²) < 4.78 is 62.1. The van der Waals surface area contributed by atoms with Crippen molar-refractivity contribution in [3.63, 3.8) is 0 Å². The predicted octanol–water partition coefficient (Wildman–Crippen LogP) is 8.69. The van der Waals surface area contributed by atoms with E-state index in [-0.39, 0.29) is 12.6 Å². The maximum absolute atomic E-state index is 12.1. The van der Waals surface area contributed by atoms with E-state index in [9.17, 15) is 4.79 Å². The van der Waals surface area contributed by atoms with Crippen LogP contribution in [-0.2, 0) is 56.9 Å². The van der Waals surface area contributed by atoms with Crippen molar-refractivity contribution < 1.29 is 61.4 Å². The molecule has 1 saturated heterocycles. The van der Waals surface area contributed by atoms with Crippen LogP contribution in [0.15, 0.2) is 0 Å². The van der Waals surface area contributed by atoms with Gasteiger partial charge in [-0.3, -0.25) is 9.69 Å². The monoisotopic (exact) mass is 950 g/mol. The molecule has 1 aliphatic heterocycles. The molecular formula is C52H105N2O12+. The zero-order chi connectivity index (χ0) is 47.4. The van der Waals surface area contributed by atoms with Gasteiger partial charge in [-0.25, -0.2) is 0 Å². The van der Waals surface area contributed by atoms with E-state index in [2.05, 4.69) is 25.8 Å². The van der Waals surface area contributed by atoms with E-state index in [1.54, 1.807) is 0 Å². The second-order valence-corrected chi connectivity index (χ2v) is 18.1. The molecule has 14 nitrogen and oxygen atoms in total. The lowest BCUT2D eigenvalue weighted by atomic mass is 10.0. The first-order valence-corrected chi connectivity index (χ1v) is 27.1. The van der Waals surface area contributed by atoms with Gasteiger partial charge in [0.2, 0.25) is 0 Å². The molecule has 0 aromatic rings. The van der Waals surface area contributed by atoms with Crippen LogP contribution < -0.4 is 0 Å². The minimum Gasteiger partial charge on any atom is -0.463 e. The molecule has 0 bridgehead atoms. The van der Waals surface area contributed by atoms with Crippen LogP contribution in [0.3, 0.4) is 0 Å². The summed E-state index contributed by atoms with van der Waals surface area (Å²) in [6.45, 7) is 21.9. The van der Waals surface area contributed by atoms with E-state index in [0.717, 1.165) is 50.2 Å². The third-order valence-electron chi connectivity index (χ3n) is 12.1. The first-order chi connectivity index (χ1) is 32.6. The number of hydrogen-bond acceptors (Lipinski definition) is 13. The first-order valence-electron chi connectivity index (χ1n) is 27.1. The fourth-order valence-electron chi connectivity index (χ4n) is 7.73. The molecule has 0 saturated carbocycles. The highest BCUT2D eigenvalue weighted by atomic mass is 16.6. The largest absolute Gasteiger partial charge is 0.463 e. The number of esters is 1. The molecule has 0 N–H and O–H groups in total. The summed E-state index contributed by atoms with van der Waals surface area (Å²) in [5, 5.41) is 0. The van der Waals surface area contributed by atoms with Gasteiger partial charge < -0.3 is 56.6 Å². The Bertz CT molecular complexity index is 962. The zero-order valence-corrected chi connectivity index (χ0v) is 43.2. The van der Waals surface area contributed by atoms with Crippen molar-refractivity contribution in [2.75, 3.05) is 185 Å². The van der Waals surface area contributed by atoms with Crippen LogP contribution in [0, 0.1) is 0 Å². The van der Waals surface area contributed by atoms with Gasteiger partial charge in [-0.05, 0) is 19.3 Å². The molecular weight excluding hydrogens is 845 g/mol. The van der Waals surface area contributed by atoms with E-state index in [0.29, 0.717) is 132 Å². The summed E-state index contributed by atoms with van der Waals surface area (Å²) in [5.41, 5.74) is 0. The lowest BCUT2D eigenvalue weighted by Gasteiger charge is -2.42. The number of unbranched alkanes of at least 4 members (excludes halogenated alkanes) is 18. The standard InChI is InChI=1S/C52H105N2O12/c1-4-6-8-10-11-12-13-14-15-16-17-18-19-20-21-23-31-56-32-33-57-34-35-58-36-37-59-38-39-60-40-41-61-42-43-62-44-45-63-46-47-64-48-49-65-50-51-66-52(55)24-25-53-26-29-54(3,30-27-53)28-22-9-7-5-2/h4-51H2,1-3H3/q+1. The molecule has 0 atom stereocenters. The summed E-state index contributed by atoms with van der Waals surface area (Å²) in [6, 6.07) is 0. The van der Waals surface area contributed by atoms with Gasteiger partial charge in [0.25, 0.3) is 0 Å². The van der Waals surface area contributed by atoms with Crippen LogP contribution in [0.25, 0.3) is 0 Å². The summed E-state index contributed by atoms with van der Waals surface area (Å²) in [6.07, 6.45) is 27.9. The van der Waals surface area contributed by atoms with Crippen LogP contribution in [0.2, 0.25) is 0 Å². The number of nitrogens with zero attached hydrogens (tertiary/aromatic N) is 2. The van der Waals surface area contributed by atoms with Gasteiger partial charge in [-0.1, -0.05) is 123 Å². The summed E-state index contributed by atoms with van der Waals surface area (Å²) >= 11 is 0. The number of ether oxygens (including phenoxy) is 11. The van der Waals surface area contributed by atoms with Crippen LogP contribution in [0.4, 0.5) is 0 Å². The molecule has 14 heteroatoms. The second-order valence-electron chi connectivity index (χ2n) is 18.1. The zero-order valence-electron chi connectivity index (χ0n) is 43.2. The average Bonchev–Trinajstić information content (AvgIpc) is 3.32. The Labute approximate surface area is 404 Å². The van der Waals surface area contributed by atoms with Gasteiger partial charge in [0.15, 0.2) is 0 Å². The van der Waals surface area contributed by atoms with E-state index in [1.165, 1.54) is 129 Å². The third kappa shape index (κ3) is 46.7. The fourth-order valence-corrected chi connectivity index (χ4v) is 7.73. The van der Waals surface area contributed by atoms with Crippen molar-refractivity contribution in [3.8, 4) is 0 Å². The maximum atomic E-state index is 12.1. The molecule has 66 heavy (non-hydrogen) atoms. The Hall–Kier alpha value is -1.01. The number of hydrogen-bond donors (Lipinski definition) is 0. The highest BCUT2D eigenvalue weighted by Crippen LogP contribution is 2.15. The van der Waals surface area contributed by atoms with Crippen molar-refractivity contribution >= 4 is 5.97 Å². The number of likely N-dealkylation sites (N-methyl/N-ethyl adjacent to an activating group) is 1. The Balaban J connectivity index is 1.65. The molecule has 0 aromatic carbocycles. The van der Waals surface area contributed by atoms with Gasteiger partial charge >= 0.3 is 5.97 Å². The van der Waals surface area contributed by atoms with Crippen molar-refractivity contribution in [1.29, 1.82) is 0 Å². The molecule has 0 aromatic heterocycles. The molecule has 1 aliphatic rings. The number of quaternary nitrogens is 1. The lowest BCUT2D eigenvalue weighted by molar-refractivity contribution is -0.913. The van der Waals surface area contributed by atoms with E-state index < -0.39 is 0 Å². The van der Waals surface area contributed by atoms with Crippen molar-refractivity contribution in [1.82, 2.24) is 4.90 Å². The third-order valence-corrected chi connectivity index (χ3v) is 12.1. The lowest BCUT2D eigenvalue weighted by Crippen LogP contribution is -2.57. The van der Waals surface area contributed by atoms with Gasteiger partial charge in [0.05, 0.1) is 159 Å². The SMILES string of the molecule is CCCCCCCCCCCCCCCCCCOCCOCCOCCOCCOCCOCCOCCOCCOCCOCCOC(=O)CCN1CC[N+](C)(CCCCCC)CC1. The topological polar surface area (TPSA) is 122 Å². The summed E-state index contributed by atoms with van der Waals surface area (Å²) in [4.78, 5) is 14.5. The van der Waals surface area contributed by atoms with Crippen LogP contribution in [0.5, 0.6) is 0 Å². The van der Waals surface area contributed by atoms with Gasteiger partial charge in [0, 0.05) is 26.2 Å². The Kier molecular flexibility index (Phi) is 49.5. The minimum atomic E-state index is -0.157. The van der Waals surface area contributed by atoms with E-state index in [4.69, 9.17) is 52.1 Å². The number of piperazine rings is 1. The Morgan fingerprint density at radius 3 is 0.970 bits per heavy atom. The van der Waals surface area contributed by atoms with Crippen LogP contribution in [-0.4, -0.2) is 200 Å². The fraction of sp³-hybridized carbons (Fsp3) is 0.981.